The van der Waals surface area contributed by atoms with E-state index in [1.807, 2.05) is 0 Å². The van der Waals surface area contributed by atoms with Gasteiger partial charge >= 0.3 is 17.9 Å². The highest BCUT2D eigenvalue weighted by Gasteiger charge is 2.38. The van der Waals surface area contributed by atoms with Crippen LogP contribution in [0.4, 0.5) is 0 Å². The maximum Gasteiger partial charge on any atom is 0.303 e. The summed E-state index contributed by atoms with van der Waals surface area (Å²) in [4.78, 5) is 43.9. The summed E-state index contributed by atoms with van der Waals surface area (Å²) in [6.45, 7) is 2.89. The van der Waals surface area contributed by atoms with E-state index in [2.05, 4.69) is 4.74 Å². The first-order valence-electron chi connectivity index (χ1n) is 5.94. The van der Waals surface area contributed by atoms with E-state index in [-0.39, 0.29) is 0 Å². The van der Waals surface area contributed by atoms with Gasteiger partial charge in [0, 0.05) is 20.8 Å². The van der Waals surface area contributed by atoms with Crippen molar-refractivity contribution in [2.45, 2.75) is 43.0 Å². The van der Waals surface area contributed by atoms with Crippen molar-refractivity contribution in [2.24, 2.45) is 0 Å². The Morgan fingerprint density at radius 3 is 1.90 bits per heavy atom. The maximum atomic E-state index is 11.1. The SMILES string of the molecule is CC(=O)OC[C@@H](O)[C@@H](OC(C)=O)[C@H](OC(C)=O)[C@H](I)C=O. The summed E-state index contributed by atoms with van der Waals surface area (Å²) < 4.78 is 13.6. The lowest BCUT2D eigenvalue weighted by Gasteiger charge is -2.30. The number of halogens is 1. The zero-order valence-corrected chi connectivity index (χ0v) is 13.9. The van der Waals surface area contributed by atoms with Crippen LogP contribution in [0.15, 0.2) is 0 Å². The Morgan fingerprint density at radius 2 is 1.52 bits per heavy atom. The average molecular weight is 416 g/mol. The molecule has 0 spiro atoms. The van der Waals surface area contributed by atoms with Gasteiger partial charge in [-0.15, -0.1) is 0 Å². The Kier molecular flexibility index (Phi) is 9.09. The lowest BCUT2D eigenvalue weighted by atomic mass is 10.1. The third kappa shape index (κ3) is 7.95. The number of aldehydes is 1. The van der Waals surface area contributed by atoms with E-state index in [1.54, 1.807) is 22.6 Å². The number of carbonyl (C=O) groups excluding carboxylic acids is 4. The zero-order chi connectivity index (χ0) is 16.6. The molecule has 0 aliphatic heterocycles. The van der Waals surface area contributed by atoms with Crippen molar-refractivity contribution >= 4 is 46.8 Å². The molecule has 0 aromatic heterocycles. The van der Waals surface area contributed by atoms with Gasteiger partial charge in [0.2, 0.25) is 0 Å². The zero-order valence-electron chi connectivity index (χ0n) is 11.8. The number of aliphatic hydroxyl groups is 1. The molecule has 8 nitrogen and oxygen atoms in total. The van der Waals surface area contributed by atoms with Gasteiger partial charge < -0.3 is 24.1 Å². The van der Waals surface area contributed by atoms with E-state index in [0.29, 0.717) is 6.29 Å². The fourth-order valence-corrected chi connectivity index (χ4v) is 1.99. The topological polar surface area (TPSA) is 116 Å². The van der Waals surface area contributed by atoms with Crippen LogP contribution in [-0.2, 0) is 33.4 Å². The molecule has 0 radical (unpaired) electrons. The van der Waals surface area contributed by atoms with Crippen LogP contribution in [-0.4, -0.2) is 58.1 Å². The minimum atomic E-state index is -1.45. The minimum Gasteiger partial charge on any atom is -0.463 e. The van der Waals surface area contributed by atoms with Crippen molar-refractivity contribution in [2.75, 3.05) is 6.61 Å². The van der Waals surface area contributed by atoms with Crippen molar-refractivity contribution in [1.29, 1.82) is 0 Å². The summed E-state index contributed by atoms with van der Waals surface area (Å²) in [5.74, 6) is -2.09. The molecule has 0 saturated heterocycles. The van der Waals surface area contributed by atoms with Crippen LogP contribution in [0.5, 0.6) is 0 Å². The molecule has 0 rings (SSSR count). The van der Waals surface area contributed by atoms with Gasteiger partial charge in [-0.2, -0.15) is 0 Å². The second-order valence-corrected chi connectivity index (χ2v) is 5.54. The van der Waals surface area contributed by atoms with Gasteiger partial charge in [0.15, 0.2) is 12.2 Å². The normalized spacial score (nSPS) is 16.0. The quantitative estimate of drug-likeness (QED) is 0.190. The van der Waals surface area contributed by atoms with Crippen LogP contribution in [0, 0.1) is 0 Å². The third-order valence-corrected chi connectivity index (χ3v) is 3.21. The number of hydrogen-bond acceptors (Lipinski definition) is 8. The summed E-state index contributed by atoms with van der Waals surface area (Å²) in [5.41, 5.74) is 0. The van der Waals surface area contributed by atoms with Crippen molar-refractivity contribution in [3.8, 4) is 0 Å². The molecule has 4 atom stereocenters. The lowest BCUT2D eigenvalue weighted by Crippen LogP contribution is -2.49. The van der Waals surface area contributed by atoms with Gasteiger partial charge in [-0.1, -0.05) is 22.6 Å². The molecular weight excluding hydrogens is 399 g/mol. The number of ether oxygens (including phenoxy) is 3. The number of alkyl halides is 1. The Labute approximate surface area is 135 Å². The van der Waals surface area contributed by atoms with E-state index in [4.69, 9.17) is 9.47 Å². The minimum absolute atomic E-state index is 0.465. The Balaban J connectivity index is 5.18. The number of carbonyl (C=O) groups is 4. The van der Waals surface area contributed by atoms with Crippen LogP contribution >= 0.6 is 22.6 Å². The van der Waals surface area contributed by atoms with Crippen molar-refractivity contribution in [1.82, 2.24) is 0 Å². The molecular formula is C12H17IO8. The summed E-state index contributed by atoms with van der Waals surface area (Å²) in [6, 6.07) is 0. The molecule has 0 saturated carbocycles. The highest BCUT2D eigenvalue weighted by molar-refractivity contribution is 14.1. The van der Waals surface area contributed by atoms with Gasteiger partial charge in [0.1, 0.15) is 22.9 Å². The van der Waals surface area contributed by atoms with Crippen LogP contribution in [0.25, 0.3) is 0 Å². The maximum absolute atomic E-state index is 11.1. The number of esters is 3. The molecule has 0 aliphatic carbocycles. The molecule has 0 heterocycles. The van der Waals surface area contributed by atoms with Gasteiger partial charge in [0.05, 0.1) is 0 Å². The second kappa shape index (κ2) is 9.66. The van der Waals surface area contributed by atoms with Crippen LogP contribution in [0.2, 0.25) is 0 Å². The van der Waals surface area contributed by atoms with Crippen LogP contribution < -0.4 is 0 Å². The molecule has 0 fully saturated rings. The molecule has 0 aromatic carbocycles. The standard InChI is InChI=1S/C12H17IO8/c1-6(15)19-5-10(18)12(21-8(3)17)11(9(13)4-14)20-7(2)16/h4,9-12,18H,5H2,1-3H3/t9-,10-,11-,12-/m1/s1. The largest absolute Gasteiger partial charge is 0.463 e. The predicted molar refractivity (Wildman–Crippen MR) is 77.6 cm³/mol. The molecule has 1 N–H and O–H groups in total. The molecule has 0 unspecified atom stereocenters. The first-order valence-corrected chi connectivity index (χ1v) is 7.18. The van der Waals surface area contributed by atoms with E-state index in [0.717, 1.165) is 20.8 Å². The van der Waals surface area contributed by atoms with Crippen LogP contribution in [0.3, 0.4) is 0 Å². The molecule has 9 heteroatoms. The highest BCUT2D eigenvalue weighted by atomic mass is 127. The smallest absolute Gasteiger partial charge is 0.303 e. The van der Waals surface area contributed by atoms with E-state index in [1.165, 1.54) is 0 Å². The first kappa shape index (κ1) is 19.8. The van der Waals surface area contributed by atoms with Gasteiger partial charge in [-0.3, -0.25) is 14.4 Å². The summed E-state index contributed by atoms with van der Waals surface area (Å²) in [7, 11) is 0. The summed E-state index contributed by atoms with van der Waals surface area (Å²) >= 11 is 1.68. The molecule has 21 heavy (non-hydrogen) atoms. The van der Waals surface area contributed by atoms with Gasteiger partial charge in [-0.25, -0.2) is 0 Å². The number of aliphatic hydroxyl groups excluding tert-OH is 1. The fraction of sp³-hybridized carbons (Fsp3) is 0.667. The molecule has 120 valence electrons. The lowest BCUT2D eigenvalue weighted by molar-refractivity contribution is -0.179. The number of rotatable bonds is 8. The third-order valence-electron chi connectivity index (χ3n) is 2.21. The average Bonchev–Trinajstić information content (AvgIpc) is 2.38. The number of hydrogen-bond donors (Lipinski definition) is 1. The monoisotopic (exact) mass is 416 g/mol. The first-order chi connectivity index (χ1) is 9.68. The second-order valence-electron chi connectivity index (χ2n) is 4.10. The predicted octanol–water partition coefficient (Wildman–Crippen LogP) is -0.224. The van der Waals surface area contributed by atoms with E-state index >= 15 is 0 Å². The van der Waals surface area contributed by atoms with E-state index < -0.39 is 46.8 Å². The van der Waals surface area contributed by atoms with Gasteiger partial charge in [-0.05, 0) is 0 Å². The molecule has 0 aromatic rings. The Morgan fingerprint density at radius 1 is 1.05 bits per heavy atom. The highest BCUT2D eigenvalue weighted by Crippen LogP contribution is 2.19. The fourth-order valence-electron chi connectivity index (χ4n) is 1.44. The molecule has 0 bridgehead atoms. The molecule has 0 amide bonds. The Bertz CT molecular complexity index is 397. The van der Waals surface area contributed by atoms with Crippen molar-refractivity contribution < 1.29 is 38.5 Å². The van der Waals surface area contributed by atoms with Crippen molar-refractivity contribution in [3.63, 3.8) is 0 Å². The summed E-state index contributed by atoms with van der Waals surface area (Å²) in [5, 5.41) is 9.97. The summed E-state index contributed by atoms with van der Waals surface area (Å²) in [6.07, 6.45) is -3.49. The van der Waals surface area contributed by atoms with Crippen LogP contribution in [0.1, 0.15) is 20.8 Å². The van der Waals surface area contributed by atoms with Gasteiger partial charge in [0.25, 0.3) is 0 Å². The van der Waals surface area contributed by atoms with E-state index in [9.17, 15) is 24.3 Å². The van der Waals surface area contributed by atoms with Crippen molar-refractivity contribution in [3.05, 3.63) is 0 Å². The Hall–Kier alpha value is -1.23. The molecule has 0 aliphatic rings.